The van der Waals surface area contributed by atoms with Crippen molar-refractivity contribution in [1.29, 1.82) is 5.41 Å². The average molecular weight is 437 g/mol. The van der Waals surface area contributed by atoms with Crippen LogP contribution >= 0.6 is 11.8 Å². The van der Waals surface area contributed by atoms with Crippen LogP contribution in [0.5, 0.6) is 0 Å². The van der Waals surface area contributed by atoms with Gasteiger partial charge in [-0.15, -0.1) is 11.8 Å². The van der Waals surface area contributed by atoms with Crippen molar-refractivity contribution < 1.29 is 31.1 Å². The minimum Gasteiger partial charge on any atom is -0.349 e. The van der Waals surface area contributed by atoms with E-state index in [1.807, 2.05) is 0 Å². The zero-order valence-electron chi connectivity index (χ0n) is 15.3. The van der Waals surface area contributed by atoms with E-state index in [1.165, 1.54) is 7.05 Å². The number of carbonyl (C=O) groups is 1. The lowest BCUT2D eigenvalue weighted by atomic mass is 9.89. The summed E-state index contributed by atoms with van der Waals surface area (Å²) in [6.45, 7) is 1.72. The predicted octanol–water partition coefficient (Wildman–Crippen LogP) is 4.72. The minimum atomic E-state index is -4.91. The standard InChI is InChI=1S/C18H17F6N3OS/c1-16(8-14(28)27(2)15(25)26-16)13-4-3-12(29-13)9-5-10(17(19,20)21)7-11(6-9)18(22,23)24/h3,5-7,13H,4,8H2,1-2H3,(H2,25,26)/t13?,16-/m0/s1. The van der Waals surface area contributed by atoms with Crippen LogP contribution in [0.3, 0.4) is 0 Å². The molecule has 2 atom stereocenters. The molecule has 0 aliphatic carbocycles. The second kappa shape index (κ2) is 6.96. The molecular weight excluding hydrogens is 420 g/mol. The topological polar surface area (TPSA) is 56.2 Å². The third kappa shape index (κ3) is 4.24. The van der Waals surface area contributed by atoms with E-state index in [2.05, 4.69) is 5.32 Å². The molecule has 2 N–H and O–H groups in total. The lowest BCUT2D eigenvalue weighted by molar-refractivity contribution is -0.143. The van der Waals surface area contributed by atoms with E-state index in [0.717, 1.165) is 16.7 Å². The number of hydrogen-bond donors (Lipinski definition) is 2. The molecule has 0 bridgehead atoms. The van der Waals surface area contributed by atoms with E-state index in [9.17, 15) is 31.1 Å². The Morgan fingerprint density at radius 2 is 1.69 bits per heavy atom. The molecule has 0 spiro atoms. The highest BCUT2D eigenvalue weighted by Gasteiger charge is 2.45. The van der Waals surface area contributed by atoms with Gasteiger partial charge < -0.3 is 5.32 Å². The van der Waals surface area contributed by atoms with Crippen LogP contribution in [-0.2, 0) is 17.1 Å². The number of rotatable bonds is 2. The highest BCUT2D eigenvalue weighted by atomic mass is 32.2. The molecule has 2 heterocycles. The van der Waals surface area contributed by atoms with Gasteiger partial charge in [0.05, 0.1) is 23.1 Å². The fraction of sp³-hybridized carbons (Fsp3) is 0.444. The first-order chi connectivity index (χ1) is 13.2. The lowest BCUT2D eigenvalue weighted by Gasteiger charge is -2.42. The summed E-state index contributed by atoms with van der Waals surface area (Å²) >= 11 is 1.11. The molecule has 1 aromatic carbocycles. The van der Waals surface area contributed by atoms with Crippen LogP contribution in [0.15, 0.2) is 24.3 Å². The van der Waals surface area contributed by atoms with Crippen molar-refractivity contribution in [3.05, 3.63) is 41.0 Å². The molecule has 0 radical (unpaired) electrons. The molecule has 3 rings (SSSR count). The SMILES string of the molecule is CN1C(=N)N[C@](C)(C2CC=C(c3cc(C(F)(F)F)cc(C(F)(F)F)c3)S2)CC1=O. The zero-order valence-corrected chi connectivity index (χ0v) is 16.1. The van der Waals surface area contributed by atoms with Gasteiger partial charge in [-0.1, -0.05) is 6.08 Å². The number of guanidine groups is 1. The maximum absolute atomic E-state index is 13.1. The summed E-state index contributed by atoms with van der Waals surface area (Å²) < 4.78 is 78.6. The van der Waals surface area contributed by atoms with Gasteiger partial charge in [-0.3, -0.25) is 15.1 Å². The molecular formula is C18H17F6N3OS. The molecule has 11 heteroatoms. The molecule has 0 aromatic heterocycles. The fourth-order valence-electron chi connectivity index (χ4n) is 3.29. The predicted molar refractivity (Wildman–Crippen MR) is 97.1 cm³/mol. The number of alkyl halides is 6. The van der Waals surface area contributed by atoms with E-state index in [-0.39, 0.29) is 40.1 Å². The quantitative estimate of drug-likeness (QED) is 0.659. The molecule has 0 saturated carbocycles. The Morgan fingerprint density at radius 1 is 1.14 bits per heavy atom. The van der Waals surface area contributed by atoms with Gasteiger partial charge >= 0.3 is 12.4 Å². The summed E-state index contributed by atoms with van der Waals surface area (Å²) in [5.41, 5.74) is -3.75. The van der Waals surface area contributed by atoms with E-state index in [1.54, 1.807) is 13.0 Å². The largest absolute Gasteiger partial charge is 0.416 e. The van der Waals surface area contributed by atoms with Gasteiger partial charge in [-0.05, 0) is 37.1 Å². The average Bonchev–Trinajstić information content (AvgIpc) is 3.09. The van der Waals surface area contributed by atoms with Crippen LogP contribution in [0, 0.1) is 5.41 Å². The first-order valence-electron chi connectivity index (χ1n) is 8.51. The molecule has 4 nitrogen and oxygen atoms in total. The Bertz CT molecular complexity index is 842. The highest BCUT2D eigenvalue weighted by molar-refractivity contribution is 8.09. The number of carbonyl (C=O) groups excluding carboxylic acids is 1. The fourth-order valence-corrected chi connectivity index (χ4v) is 4.63. The molecule has 158 valence electrons. The summed E-state index contributed by atoms with van der Waals surface area (Å²) in [7, 11) is 1.45. The number of nitrogens with one attached hydrogen (secondary N) is 2. The summed E-state index contributed by atoms with van der Waals surface area (Å²) in [5, 5.41) is 10.5. The lowest BCUT2D eigenvalue weighted by Crippen LogP contribution is -2.63. The van der Waals surface area contributed by atoms with Crippen molar-refractivity contribution in [2.45, 2.75) is 42.9 Å². The third-order valence-electron chi connectivity index (χ3n) is 5.00. The van der Waals surface area contributed by atoms with Crippen molar-refractivity contribution in [1.82, 2.24) is 10.2 Å². The van der Waals surface area contributed by atoms with Crippen molar-refractivity contribution in [2.75, 3.05) is 7.05 Å². The van der Waals surface area contributed by atoms with Crippen LogP contribution in [0.4, 0.5) is 26.3 Å². The number of amides is 1. The van der Waals surface area contributed by atoms with Crippen LogP contribution in [0.25, 0.3) is 4.91 Å². The molecule has 1 unspecified atom stereocenters. The monoisotopic (exact) mass is 437 g/mol. The van der Waals surface area contributed by atoms with Gasteiger partial charge in [-0.2, -0.15) is 26.3 Å². The Morgan fingerprint density at radius 3 is 2.17 bits per heavy atom. The third-order valence-corrected chi connectivity index (χ3v) is 6.65. The van der Waals surface area contributed by atoms with Crippen molar-refractivity contribution in [2.24, 2.45) is 0 Å². The smallest absolute Gasteiger partial charge is 0.349 e. The Kier molecular flexibility index (Phi) is 5.17. The van der Waals surface area contributed by atoms with Crippen molar-refractivity contribution in [3.63, 3.8) is 0 Å². The van der Waals surface area contributed by atoms with E-state index >= 15 is 0 Å². The van der Waals surface area contributed by atoms with E-state index < -0.39 is 29.0 Å². The Balaban J connectivity index is 1.90. The number of benzene rings is 1. The number of thioether (sulfide) groups is 1. The van der Waals surface area contributed by atoms with Gasteiger partial charge in [0.1, 0.15) is 0 Å². The van der Waals surface area contributed by atoms with E-state index in [4.69, 9.17) is 5.41 Å². The van der Waals surface area contributed by atoms with Crippen LogP contribution in [0.2, 0.25) is 0 Å². The summed E-state index contributed by atoms with van der Waals surface area (Å²) in [6, 6.07) is 1.50. The van der Waals surface area contributed by atoms with Gasteiger partial charge in [-0.25, -0.2) is 0 Å². The van der Waals surface area contributed by atoms with Crippen LogP contribution < -0.4 is 5.32 Å². The van der Waals surface area contributed by atoms with Crippen molar-refractivity contribution >= 4 is 28.5 Å². The Hall–Kier alpha value is -2.17. The normalized spacial score (nSPS) is 25.9. The summed E-state index contributed by atoms with van der Waals surface area (Å²) in [5.74, 6) is -0.389. The van der Waals surface area contributed by atoms with Crippen LogP contribution in [0.1, 0.15) is 36.5 Å². The van der Waals surface area contributed by atoms with E-state index in [0.29, 0.717) is 18.6 Å². The second-order valence-corrected chi connectivity index (χ2v) is 8.47. The summed E-state index contributed by atoms with van der Waals surface area (Å²) in [4.78, 5) is 13.5. The number of halogens is 6. The van der Waals surface area contributed by atoms with Gasteiger partial charge in [0, 0.05) is 17.2 Å². The first kappa shape index (κ1) is 21.5. The number of nitrogens with zero attached hydrogens (tertiary/aromatic N) is 1. The second-order valence-electron chi connectivity index (χ2n) is 7.23. The molecule has 1 saturated heterocycles. The Labute approximate surface area is 166 Å². The molecule has 29 heavy (non-hydrogen) atoms. The first-order valence-corrected chi connectivity index (χ1v) is 9.38. The number of allylic oxidation sites excluding steroid dienone is 1. The van der Waals surface area contributed by atoms with Crippen molar-refractivity contribution in [3.8, 4) is 0 Å². The molecule has 1 amide bonds. The summed E-state index contributed by atoms with van der Waals surface area (Å²) in [6.07, 6.45) is -7.86. The maximum atomic E-state index is 13.1. The van der Waals surface area contributed by atoms with Gasteiger partial charge in [0.15, 0.2) is 5.96 Å². The zero-order chi connectivity index (χ0) is 21.8. The number of hydrogen-bond acceptors (Lipinski definition) is 3. The molecule has 1 aromatic rings. The molecule has 2 aliphatic heterocycles. The van der Waals surface area contributed by atoms with Gasteiger partial charge in [0.2, 0.25) is 5.91 Å². The highest BCUT2D eigenvalue weighted by Crippen LogP contribution is 2.47. The maximum Gasteiger partial charge on any atom is 0.416 e. The molecule has 2 aliphatic rings. The minimum absolute atomic E-state index is 0.0566. The van der Waals surface area contributed by atoms with Gasteiger partial charge in [0.25, 0.3) is 0 Å². The van der Waals surface area contributed by atoms with Crippen LogP contribution in [-0.4, -0.2) is 34.6 Å². The molecule has 1 fully saturated rings.